The molecule has 1 unspecified atom stereocenters. The van der Waals surface area contributed by atoms with Gasteiger partial charge in [0.1, 0.15) is 0 Å². The molecule has 1 saturated heterocycles. The van der Waals surface area contributed by atoms with E-state index in [1.165, 1.54) is 16.5 Å². The quantitative estimate of drug-likeness (QED) is 0.647. The van der Waals surface area contributed by atoms with Crippen molar-refractivity contribution in [3.63, 3.8) is 0 Å². The van der Waals surface area contributed by atoms with Gasteiger partial charge in [0.05, 0.1) is 13.0 Å². The van der Waals surface area contributed by atoms with E-state index in [0.29, 0.717) is 31.4 Å². The Morgan fingerprint density at radius 2 is 2.03 bits per heavy atom. The highest BCUT2D eigenvalue weighted by Crippen LogP contribution is 2.44. The molecule has 0 radical (unpaired) electrons. The number of fused-ring (bicyclic) bond motifs is 2. The second-order valence-corrected chi connectivity index (χ2v) is 9.03. The van der Waals surface area contributed by atoms with Crippen LogP contribution in [0.25, 0.3) is 10.9 Å². The number of likely N-dealkylation sites (N-methyl/N-ethyl adjacent to an activating group) is 1. The molecule has 1 fully saturated rings. The molecule has 2 aliphatic rings. The van der Waals surface area contributed by atoms with E-state index in [-0.39, 0.29) is 18.0 Å². The number of nitrogens with zero attached hydrogens (tertiary/aromatic N) is 2. The Balaban J connectivity index is 1.59. The Morgan fingerprint density at radius 3 is 2.75 bits per heavy atom. The van der Waals surface area contributed by atoms with Crippen LogP contribution in [0.15, 0.2) is 18.2 Å². The van der Waals surface area contributed by atoms with Gasteiger partial charge in [-0.1, -0.05) is 12.1 Å². The summed E-state index contributed by atoms with van der Waals surface area (Å²) in [5.41, 5.74) is 5.01. The van der Waals surface area contributed by atoms with Gasteiger partial charge >= 0.3 is 12.0 Å². The van der Waals surface area contributed by atoms with Crippen molar-refractivity contribution in [2.24, 2.45) is 0 Å². The first-order valence-corrected chi connectivity index (χ1v) is 12.0. The van der Waals surface area contributed by atoms with Gasteiger partial charge in [-0.05, 0) is 64.3 Å². The predicted octanol–water partition coefficient (Wildman–Crippen LogP) is 3.43. The second kappa shape index (κ2) is 9.53. The van der Waals surface area contributed by atoms with Crippen LogP contribution in [0.4, 0.5) is 4.79 Å². The molecular weight excluding hydrogens is 404 g/mol. The SMILES string of the molecule is CCOC(=O)CCc1[nH]c2cccc3c2c1C[C@@H]1C3C[C@H](NC(=O)N(CC)CC)CN1C. The van der Waals surface area contributed by atoms with E-state index < -0.39 is 0 Å². The van der Waals surface area contributed by atoms with Gasteiger partial charge in [0.15, 0.2) is 0 Å². The summed E-state index contributed by atoms with van der Waals surface area (Å²) in [6.45, 7) is 8.58. The number of hydrogen-bond donors (Lipinski definition) is 2. The van der Waals surface area contributed by atoms with Crippen LogP contribution in [-0.2, 0) is 22.4 Å². The van der Waals surface area contributed by atoms with Crippen LogP contribution in [0.3, 0.4) is 0 Å². The monoisotopic (exact) mass is 440 g/mol. The number of amides is 2. The molecule has 2 amide bonds. The van der Waals surface area contributed by atoms with E-state index in [2.05, 4.69) is 40.4 Å². The summed E-state index contributed by atoms with van der Waals surface area (Å²) in [4.78, 5) is 32.4. The number of likely N-dealkylation sites (tertiary alicyclic amines) is 1. The van der Waals surface area contributed by atoms with Gasteiger partial charge in [-0.25, -0.2) is 4.79 Å². The van der Waals surface area contributed by atoms with Crippen molar-refractivity contribution in [1.82, 2.24) is 20.1 Å². The number of nitrogens with one attached hydrogen (secondary N) is 2. The molecule has 2 N–H and O–H groups in total. The molecule has 7 nitrogen and oxygen atoms in total. The van der Waals surface area contributed by atoms with Gasteiger partial charge in [-0.15, -0.1) is 0 Å². The van der Waals surface area contributed by atoms with E-state index in [4.69, 9.17) is 4.74 Å². The minimum absolute atomic E-state index is 0.0319. The summed E-state index contributed by atoms with van der Waals surface area (Å²) in [5, 5.41) is 4.59. The van der Waals surface area contributed by atoms with Gasteiger partial charge in [0.25, 0.3) is 0 Å². The Morgan fingerprint density at radius 1 is 1.25 bits per heavy atom. The molecule has 2 heterocycles. The van der Waals surface area contributed by atoms with E-state index in [0.717, 1.165) is 43.7 Å². The van der Waals surface area contributed by atoms with Gasteiger partial charge < -0.3 is 24.8 Å². The minimum atomic E-state index is -0.145. The van der Waals surface area contributed by atoms with Crippen LogP contribution in [0, 0.1) is 0 Å². The van der Waals surface area contributed by atoms with Crippen LogP contribution in [0.1, 0.15) is 56.4 Å². The van der Waals surface area contributed by atoms with Gasteiger partial charge in [-0.3, -0.25) is 4.79 Å². The summed E-state index contributed by atoms with van der Waals surface area (Å²) >= 11 is 0. The maximum absolute atomic E-state index is 12.7. The average molecular weight is 441 g/mol. The summed E-state index contributed by atoms with van der Waals surface area (Å²) in [6, 6.07) is 7.05. The lowest BCUT2D eigenvalue weighted by molar-refractivity contribution is -0.143. The molecule has 0 spiro atoms. The molecule has 2 aromatic rings. The number of carbonyl (C=O) groups is 2. The number of aromatic nitrogens is 1. The fraction of sp³-hybridized carbons (Fsp3) is 0.600. The van der Waals surface area contributed by atoms with E-state index in [1.807, 2.05) is 25.7 Å². The number of aryl methyl sites for hydroxylation is 1. The lowest BCUT2D eigenvalue weighted by Gasteiger charge is -2.46. The van der Waals surface area contributed by atoms with Crippen molar-refractivity contribution in [3.8, 4) is 0 Å². The number of hydrogen-bond acceptors (Lipinski definition) is 4. The van der Waals surface area contributed by atoms with Crippen molar-refractivity contribution in [3.05, 3.63) is 35.0 Å². The van der Waals surface area contributed by atoms with Gasteiger partial charge in [0.2, 0.25) is 0 Å². The highest BCUT2D eigenvalue weighted by molar-refractivity contribution is 5.90. The Hall–Kier alpha value is -2.54. The number of urea groups is 1. The van der Waals surface area contributed by atoms with E-state index in [1.54, 1.807) is 0 Å². The van der Waals surface area contributed by atoms with Crippen molar-refractivity contribution in [1.29, 1.82) is 0 Å². The number of aromatic amines is 1. The molecule has 0 saturated carbocycles. The van der Waals surface area contributed by atoms with E-state index >= 15 is 0 Å². The summed E-state index contributed by atoms with van der Waals surface area (Å²) in [6.07, 6.45) is 2.98. The number of rotatable bonds is 7. The first-order valence-electron chi connectivity index (χ1n) is 12.0. The van der Waals surface area contributed by atoms with Gasteiger partial charge in [-0.2, -0.15) is 0 Å². The largest absolute Gasteiger partial charge is 0.466 e. The number of carbonyl (C=O) groups excluding carboxylic acids is 2. The maximum atomic E-state index is 12.7. The fourth-order valence-corrected chi connectivity index (χ4v) is 5.66. The highest BCUT2D eigenvalue weighted by atomic mass is 16.5. The lowest BCUT2D eigenvalue weighted by Crippen LogP contribution is -2.56. The van der Waals surface area contributed by atoms with Gasteiger partial charge in [0, 0.05) is 54.2 Å². The van der Waals surface area contributed by atoms with Crippen molar-refractivity contribution in [2.75, 3.05) is 33.3 Å². The standard InChI is InChI=1S/C25H36N4O3/c1-5-29(6-2)25(31)26-16-13-18-17-9-8-10-21-24(17)19(14-22(18)28(4)15-16)20(27-21)11-12-23(30)32-7-3/h8-10,16,18,22,27H,5-7,11-15H2,1-4H3,(H,26,31)/t16-,18?,22+/m0/s1. The zero-order chi connectivity index (χ0) is 22.8. The van der Waals surface area contributed by atoms with Crippen LogP contribution in [-0.4, -0.2) is 72.2 Å². The molecule has 32 heavy (non-hydrogen) atoms. The third-order valence-corrected chi connectivity index (χ3v) is 7.20. The first kappa shape index (κ1) is 22.6. The Bertz CT molecular complexity index is 981. The zero-order valence-electron chi connectivity index (χ0n) is 19.7. The average Bonchev–Trinajstić information content (AvgIpc) is 3.13. The molecule has 7 heteroatoms. The molecule has 1 aromatic carbocycles. The summed E-state index contributed by atoms with van der Waals surface area (Å²) in [7, 11) is 2.17. The molecule has 1 aliphatic heterocycles. The molecule has 1 aliphatic carbocycles. The summed E-state index contributed by atoms with van der Waals surface area (Å²) in [5.74, 6) is 0.231. The summed E-state index contributed by atoms with van der Waals surface area (Å²) < 4.78 is 5.13. The maximum Gasteiger partial charge on any atom is 0.317 e. The number of ether oxygens (including phenoxy) is 1. The fourth-order valence-electron chi connectivity index (χ4n) is 5.66. The van der Waals surface area contributed by atoms with Crippen LogP contribution >= 0.6 is 0 Å². The normalized spacial score (nSPS) is 22.4. The minimum Gasteiger partial charge on any atom is -0.466 e. The number of piperidine rings is 1. The number of benzene rings is 1. The third-order valence-electron chi connectivity index (χ3n) is 7.20. The molecular formula is C25H36N4O3. The molecule has 3 atom stereocenters. The van der Waals surface area contributed by atoms with E-state index in [9.17, 15) is 9.59 Å². The highest BCUT2D eigenvalue weighted by Gasteiger charge is 2.40. The first-order chi connectivity index (χ1) is 15.5. The van der Waals surface area contributed by atoms with Crippen LogP contribution in [0.2, 0.25) is 0 Å². The number of H-pyrrole nitrogens is 1. The molecule has 4 rings (SSSR count). The smallest absolute Gasteiger partial charge is 0.317 e. The Labute approximate surface area is 190 Å². The third kappa shape index (κ3) is 4.22. The Kier molecular flexibility index (Phi) is 6.74. The zero-order valence-corrected chi connectivity index (χ0v) is 19.7. The van der Waals surface area contributed by atoms with Crippen molar-refractivity contribution < 1.29 is 14.3 Å². The number of esters is 1. The molecule has 174 valence electrons. The topological polar surface area (TPSA) is 77.7 Å². The molecule has 0 bridgehead atoms. The molecule has 1 aromatic heterocycles. The van der Waals surface area contributed by atoms with Crippen LogP contribution in [0.5, 0.6) is 0 Å². The second-order valence-electron chi connectivity index (χ2n) is 9.03. The van der Waals surface area contributed by atoms with Crippen molar-refractivity contribution in [2.45, 2.75) is 64.5 Å². The van der Waals surface area contributed by atoms with Crippen LogP contribution < -0.4 is 5.32 Å². The van der Waals surface area contributed by atoms with Crippen molar-refractivity contribution >= 4 is 22.9 Å². The lowest BCUT2D eigenvalue weighted by atomic mass is 9.73. The predicted molar refractivity (Wildman–Crippen MR) is 126 cm³/mol.